The monoisotopic (exact) mass is 192 g/mol. The molecule has 0 atom stereocenters. The minimum Gasteiger partial charge on any atom is -0.501 e. The molecular formula is C11H12O3. The van der Waals surface area contributed by atoms with Crippen LogP contribution in [0.1, 0.15) is 22.8 Å². The van der Waals surface area contributed by atoms with Crippen molar-refractivity contribution in [3.8, 4) is 0 Å². The maximum Gasteiger partial charge on any atom is 0.335 e. The smallest absolute Gasteiger partial charge is 0.335 e. The summed E-state index contributed by atoms with van der Waals surface area (Å²) < 4.78 is 5.02. The molecule has 74 valence electrons. The fourth-order valence-electron chi connectivity index (χ4n) is 0.960. The van der Waals surface area contributed by atoms with Gasteiger partial charge in [0.25, 0.3) is 0 Å². The second-order valence-electron chi connectivity index (χ2n) is 2.69. The summed E-state index contributed by atoms with van der Waals surface area (Å²) in [6.07, 6.45) is 3.38. The molecule has 0 amide bonds. The molecular weight excluding hydrogens is 180 g/mol. The Hall–Kier alpha value is -1.77. The van der Waals surface area contributed by atoms with E-state index in [2.05, 4.69) is 0 Å². The molecule has 1 rings (SSSR count). The number of carbonyl (C=O) groups is 1. The topological polar surface area (TPSA) is 46.5 Å². The second-order valence-corrected chi connectivity index (χ2v) is 2.69. The molecule has 3 heteroatoms. The SMILES string of the molecule is CCO/C=C/c1ccc(C(=O)O)cc1. The van der Waals surface area contributed by atoms with Gasteiger partial charge in [-0.1, -0.05) is 12.1 Å². The number of ether oxygens (including phenoxy) is 1. The Morgan fingerprint density at radius 3 is 2.57 bits per heavy atom. The van der Waals surface area contributed by atoms with E-state index in [1.807, 2.05) is 6.92 Å². The molecule has 0 aromatic heterocycles. The third-order valence-corrected chi connectivity index (χ3v) is 1.68. The van der Waals surface area contributed by atoms with Crippen LogP contribution in [0, 0.1) is 0 Å². The molecule has 0 aliphatic carbocycles. The molecule has 0 aliphatic rings. The maximum atomic E-state index is 10.5. The van der Waals surface area contributed by atoms with Crippen LogP contribution in [-0.2, 0) is 4.74 Å². The molecule has 0 saturated carbocycles. The van der Waals surface area contributed by atoms with Gasteiger partial charge in [0.2, 0.25) is 0 Å². The Morgan fingerprint density at radius 1 is 1.43 bits per heavy atom. The van der Waals surface area contributed by atoms with E-state index in [0.29, 0.717) is 12.2 Å². The van der Waals surface area contributed by atoms with Crippen LogP contribution in [0.15, 0.2) is 30.5 Å². The summed E-state index contributed by atoms with van der Waals surface area (Å²) in [6, 6.07) is 6.60. The zero-order chi connectivity index (χ0) is 10.4. The van der Waals surface area contributed by atoms with E-state index >= 15 is 0 Å². The zero-order valence-corrected chi connectivity index (χ0v) is 7.93. The fraction of sp³-hybridized carbons (Fsp3) is 0.182. The van der Waals surface area contributed by atoms with Crippen molar-refractivity contribution in [1.82, 2.24) is 0 Å². The molecule has 0 radical (unpaired) electrons. The van der Waals surface area contributed by atoms with Gasteiger partial charge in [-0.3, -0.25) is 0 Å². The highest BCUT2D eigenvalue weighted by atomic mass is 16.5. The molecule has 0 bridgehead atoms. The highest BCUT2D eigenvalue weighted by Crippen LogP contribution is 2.06. The largest absolute Gasteiger partial charge is 0.501 e. The zero-order valence-electron chi connectivity index (χ0n) is 7.93. The van der Waals surface area contributed by atoms with E-state index in [-0.39, 0.29) is 0 Å². The quantitative estimate of drug-likeness (QED) is 0.745. The van der Waals surface area contributed by atoms with Gasteiger partial charge in [0.1, 0.15) is 0 Å². The standard InChI is InChI=1S/C11H12O3/c1-2-14-8-7-9-3-5-10(6-4-9)11(12)13/h3-8H,2H2,1H3,(H,12,13)/b8-7+. The third kappa shape index (κ3) is 2.94. The molecule has 0 saturated heterocycles. The summed E-state index contributed by atoms with van der Waals surface area (Å²) in [6.45, 7) is 2.53. The van der Waals surface area contributed by atoms with E-state index in [1.54, 1.807) is 36.6 Å². The molecule has 3 nitrogen and oxygen atoms in total. The predicted octanol–water partition coefficient (Wildman–Crippen LogP) is 2.39. The lowest BCUT2D eigenvalue weighted by atomic mass is 10.1. The van der Waals surface area contributed by atoms with Gasteiger partial charge in [-0.25, -0.2) is 4.79 Å². The Bertz CT molecular complexity index is 325. The molecule has 0 unspecified atom stereocenters. The van der Waals surface area contributed by atoms with Gasteiger partial charge in [0.05, 0.1) is 18.4 Å². The lowest BCUT2D eigenvalue weighted by molar-refractivity contribution is 0.0697. The van der Waals surface area contributed by atoms with Gasteiger partial charge in [0, 0.05) is 0 Å². The van der Waals surface area contributed by atoms with Crippen LogP contribution in [0.25, 0.3) is 6.08 Å². The number of benzene rings is 1. The van der Waals surface area contributed by atoms with Crippen molar-refractivity contribution >= 4 is 12.0 Å². The van der Waals surface area contributed by atoms with Gasteiger partial charge in [0.15, 0.2) is 0 Å². The molecule has 0 aliphatic heterocycles. The van der Waals surface area contributed by atoms with Crippen molar-refractivity contribution < 1.29 is 14.6 Å². The first-order valence-electron chi connectivity index (χ1n) is 4.35. The predicted molar refractivity (Wildman–Crippen MR) is 54.1 cm³/mol. The number of carboxylic acids is 1. The summed E-state index contributed by atoms with van der Waals surface area (Å²) >= 11 is 0. The first-order valence-corrected chi connectivity index (χ1v) is 4.35. The lowest BCUT2D eigenvalue weighted by Crippen LogP contribution is -1.94. The van der Waals surface area contributed by atoms with Crippen molar-refractivity contribution in [3.63, 3.8) is 0 Å². The molecule has 1 aromatic carbocycles. The van der Waals surface area contributed by atoms with E-state index in [0.717, 1.165) is 5.56 Å². The average Bonchev–Trinajstić information content (AvgIpc) is 2.19. The molecule has 1 N–H and O–H groups in total. The molecule has 0 spiro atoms. The van der Waals surface area contributed by atoms with Crippen molar-refractivity contribution in [3.05, 3.63) is 41.7 Å². The minimum atomic E-state index is -0.912. The summed E-state index contributed by atoms with van der Waals surface area (Å²) in [5, 5.41) is 8.65. The van der Waals surface area contributed by atoms with E-state index < -0.39 is 5.97 Å². The van der Waals surface area contributed by atoms with Crippen LogP contribution >= 0.6 is 0 Å². The lowest BCUT2D eigenvalue weighted by Gasteiger charge is -1.96. The van der Waals surface area contributed by atoms with Crippen molar-refractivity contribution in [2.24, 2.45) is 0 Å². The Labute approximate surface area is 82.6 Å². The van der Waals surface area contributed by atoms with Crippen LogP contribution in [0.5, 0.6) is 0 Å². The number of hydrogen-bond donors (Lipinski definition) is 1. The first-order chi connectivity index (χ1) is 6.74. The number of aromatic carboxylic acids is 1. The summed E-state index contributed by atoms with van der Waals surface area (Å²) in [7, 11) is 0. The number of hydrogen-bond acceptors (Lipinski definition) is 2. The van der Waals surface area contributed by atoms with E-state index in [1.165, 1.54) is 0 Å². The average molecular weight is 192 g/mol. The number of rotatable bonds is 4. The minimum absolute atomic E-state index is 0.290. The van der Waals surface area contributed by atoms with Crippen molar-refractivity contribution in [1.29, 1.82) is 0 Å². The van der Waals surface area contributed by atoms with Crippen LogP contribution in [0.2, 0.25) is 0 Å². The van der Waals surface area contributed by atoms with E-state index in [4.69, 9.17) is 9.84 Å². The second kappa shape index (κ2) is 5.07. The van der Waals surface area contributed by atoms with Gasteiger partial charge in [-0.15, -0.1) is 0 Å². The van der Waals surface area contributed by atoms with Crippen molar-refractivity contribution in [2.45, 2.75) is 6.92 Å². The Balaban J connectivity index is 2.68. The van der Waals surface area contributed by atoms with Gasteiger partial charge < -0.3 is 9.84 Å². The van der Waals surface area contributed by atoms with E-state index in [9.17, 15) is 4.79 Å². The molecule has 0 heterocycles. The summed E-state index contributed by atoms with van der Waals surface area (Å²) in [5.41, 5.74) is 1.21. The van der Waals surface area contributed by atoms with Crippen LogP contribution in [-0.4, -0.2) is 17.7 Å². The number of carboxylic acid groups (broad SMARTS) is 1. The van der Waals surface area contributed by atoms with Crippen LogP contribution < -0.4 is 0 Å². The van der Waals surface area contributed by atoms with Crippen molar-refractivity contribution in [2.75, 3.05) is 6.61 Å². The van der Waals surface area contributed by atoms with Gasteiger partial charge in [-0.05, 0) is 30.7 Å². The third-order valence-electron chi connectivity index (χ3n) is 1.68. The molecule has 0 fully saturated rings. The first kappa shape index (κ1) is 10.3. The van der Waals surface area contributed by atoms with Gasteiger partial charge in [-0.2, -0.15) is 0 Å². The highest BCUT2D eigenvalue weighted by molar-refractivity contribution is 5.87. The fourth-order valence-corrected chi connectivity index (χ4v) is 0.960. The summed E-state index contributed by atoms with van der Waals surface area (Å²) in [4.78, 5) is 10.5. The van der Waals surface area contributed by atoms with Gasteiger partial charge >= 0.3 is 5.97 Å². The highest BCUT2D eigenvalue weighted by Gasteiger charge is 1.99. The molecule has 14 heavy (non-hydrogen) atoms. The van der Waals surface area contributed by atoms with Crippen LogP contribution in [0.3, 0.4) is 0 Å². The summed E-state index contributed by atoms with van der Waals surface area (Å²) in [5.74, 6) is -0.912. The Morgan fingerprint density at radius 2 is 2.07 bits per heavy atom. The normalized spacial score (nSPS) is 10.4. The maximum absolute atomic E-state index is 10.5. The Kier molecular flexibility index (Phi) is 3.73. The van der Waals surface area contributed by atoms with Crippen LogP contribution in [0.4, 0.5) is 0 Å². The molecule has 1 aromatic rings.